The molecule has 10 heavy (non-hydrogen) atoms. The van der Waals surface area contributed by atoms with Crippen LogP contribution >= 0.6 is 56.8 Å². The van der Waals surface area contributed by atoms with Gasteiger partial charge in [-0.05, 0) is 57.3 Å². The van der Waals surface area contributed by atoms with E-state index in [1.54, 1.807) is 6.07 Å². The first-order valence-corrected chi connectivity index (χ1v) is 4.95. The van der Waals surface area contributed by atoms with Gasteiger partial charge in [0, 0.05) is 3.57 Å². The predicted octanol–water partition coefficient (Wildman–Crippen LogP) is 3.69. The van der Waals surface area contributed by atoms with E-state index in [2.05, 4.69) is 0 Å². The van der Waals surface area contributed by atoms with Crippen LogP contribution in [0.1, 0.15) is 0 Å². The van der Waals surface area contributed by atoms with Crippen LogP contribution in [0, 0.1) is 13.0 Å². The predicted molar refractivity (Wildman–Crippen MR) is 56.8 cm³/mol. The summed E-state index contributed by atoms with van der Waals surface area (Å²) in [6.07, 6.45) is 0. The summed E-state index contributed by atoms with van der Waals surface area (Å²) < 4.78 is 14.0. The Morgan fingerprint density at radius 1 is 1.30 bits per heavy atom. The van der Waals surface area contributed by atoms with E-state index < -0.39 is 0 Å². The molecule has 0 aromatic heterocycles. The Bertz CT molecular complexity index is 239. The lowest BCUT2D eigenvalue weighted by Gasteiger charge is -1.97. The molecule has 0 aliphatic rings. The third kappa shape index (κ3) is 1.94. The Morgan fingerprint density at radius 2 is 1.90 bits per heavy atom. The van der Waals surface area contributed by atoms with Crippen molar-refractivity contribution in [2.45, 2.75) is 0 Å². The van der Waals surface area contributed by atoms with Crippen molar-refractivity contribution in [3.8, 4) is 0 Å². The van der Waals surface area contributed by atoms with Crippen molar-refractivity contribution in [1.82, 2.24) is 0 Å². The molecule has 0 unspecified atom stereocenters. The van der Waals surface area contributed by atoms with Crippen molar-refractivity contribution < 1.29 is 4.39 Å². The molecule has 1 aromatic carbocycles. The van der Waals surface area contributed by atoms with Crippen molar-refractivity contribution in [3.63, 3.8) is 0 Å². The second kappa shape index (κ2) is 3.53. The molecule has 0 heterocycles. The van der Waals surface area contributed by atoms with Crippen LogP contribution in [0.25, 0.3) is 0 Å². The Balaban J connectivity index is 3.31. The first-order chi connectivity index (χ1) is 4.61. The maximum Gasteiger partial charge on any atom is 0.139 e. The van der Waals surface area contributed by atoms with Gasteiger partial charge in [-0.25, -0.2) is 4.39 Å². The summed E-state index contributed by atoms with van der Waals surface area (Å²) in [5.41, 5.74) is 0. The summed E-state index contributed by atoms with van der Waals surface area (Å²) in [5, 5.41) is 0.477. The van der Waals surface area contributed by atoms with Gasteiger partial charge in [-0.1, -0.05) is 11.6 Å². The van der Waals surface area contributed by atoms with Gasteiger partial charge in [0.2, 0.25) is 0 Å². The third-order valence-electron chi connectivity index (χ3n) is 0.949. The molecule has 0 radical (unpaired) electrons. The molecule has 0 amide bonds. The van der Waals surface area contributed by atoms with Gasteiger partial charge in [0.05, 0.1) is 8.59 Å². The standard InChI is InChI=1S/C6H2ClFI2/c7-4-1-3(9)2-5(8)6(4)10/h1-2H. The molecule has 0 nitrogen and oxygen atoms in total. The van der Waals surface area contributed by atoms with Crippen molar-refractivity contribution in [1.29, 1.82) is 0 Å². The summed E-state index contributed by atoms with van der Waals surface area (Å²) in [4.78, 5) is 0. The summed E-state index contributed by atoms with van der Waals surface area (Å²) in [5.74, 6) is -0.252. The van der Waals surface area contributed by atoms with Crippen LogP contribution in [-0.4, -0.2) is 0 Å². The summed E-state index contributed by atoms with van der Waals surface area (Å²) in [7, 11) is 0. The molecule has 0 N–H and O–H groups in total. The van der Waals surface area contributed by atoms with E-state index in [-0.39, 0.29) is 5.82 Å². The average molecular weight is 382 g/mol. The molecule has 0 aliphatic carbocycles. The lowest BCUT2D eigenvalue weighted by Crippen LogP contribution is -1.83. The van der Waals surface area contributed by atoms with Crippen LogP contribution in [0.5, 0.6) is 0 Å². The minimum absolute atomic E-state index is 0.252. The SMILES string of the molecule is Fc1cc(I)cc(Cl)c1I. The van der Waals surface area contributed by atoms with Gasteiger partial charge < -0.3 is 0 Å². The fourth-order valence-corrected chi connectivity index (χ4v) is 1.81. The normalized spacial score (nSPS) is 10.0. The smallest absolute Gasteiger partial charge is 0.139 e. The van der Waals surface area contributed by atoms with Gasteiger partial charge in [-0.15, -0.1) is 0 Å². The number of hydrogen-bond donors (Lipinski definition) is 0. The zero-order valence-corrected chi connectivity index (χ0v) is 9.74. The largest absolute Gasteiger partial charge is 0.206 e. The number of halogens is 4. The first kappa shape index (κ1) is 8.99. The van der Waals surface area contributed by atoms with Crippen molar-refractivity contribution >= 4 is 56.8 Å². The van der Waals surface area contributed by atoms with Gasteiger partial charge >= 0.3 is 0 Å². The monoisotopic (exact) mass is 382 g/mol. The molecule has 0 atom stereocenters. The highest BCUT2D eigenvalue weighted by atomic mass is 127. The van der Waals surface area contributed by atoms with E-state index in [1.807, 2.05) is 45.2 Å². The molecular formula is C6H2ClFI2. The Morgan fingerprint density at radius 3 is 2.40 bits per heavy atom. The minimum Gasteiger partial charge on any atom is -0.206 e. The summed E-state index contributed by atoms with van der Waals surface area (Å²) in [6.45, 7) is 0. The van der Waals surface area contributed by atoms with Crippen molar-refractivity contribution in [2.75, 3.05) is 0 Å². The van der Waals surface area contributed by atoms with Crippen LogP contribution in [0.4, 0.5) is 4.39 Å². The zero-order valence-electron chi connectivity index (χ0n) is 4.67. The van der Waals surface area contributed by atoms with Crippen LogP contribution in [0.2, 0.25) is 5.02 Å². The van der Waals surface area contributed by atoms with Gasteiger partial charge in [-0.2, -0.15) is 0 Å². The van der Waals surface area contributed by atoms with Gasteiger partial charge in [0.15, 0.2) is 0 Å². The first-order valence-electron chi connectivity index (χ1n) is 2.41. The van der Waals surface area contributed by atoms with Crippen LogP contribution in [0.15, 0.2) is 12.1 Å². The number of hydrogen-bond acceptors (Lipinski definition) is 0. The Hall–Kier alpha value is 0.900. The molecule has 1 rings (SSSR count). The Kier molecular flexibility index (Phi) is 3.18. The highest BCUT2D eigenvalue weighted by Gasteiger charge is 2.03. The van der Waals surface area contributed by atoms with Gasteiger partial charge in [-0.3, -0.25) is 0 Å². The zero-order chi connectivity index (χ0) is 7.72. The molecule has 0 aliphatic heterocycles. The minimum atomic E-state index is -0.252. The summed E-state index contributed by atoms with van der Waals surface area (Å²) >= 11 is 9.56. The molecule has 0 fully saturated rings. The molecule has 0 bridgehead atoms. The van der Waals surface area contributed by atoms with E-state index in [1.165, 1.54) is 6.07 Å². The lowest BCUT2D eigenvalue weighted by molar-refractivity contribution is 0.619. The maximum atomic E-state index is 12.7. The Labute approximate surface area is 90.4 Å². The highest BCUT2D eigenvalue weighted by Crippen LogP contribution is 2.23. The van der Waals surface area contributed by atoms with Crippen LogP contribution in [0.3, 0.4) is 0 Å². The number of rotatable bonds is 0. The second-order valence-electron chi connectivity index (χ2n) is 1.68. The third-order valence-corrected chi connectivity index (χ3v) is 3.28. The van der Waals surface area contributed by atoms with E-state index in [0.29, 0.717) is 8.59 Å². The fraction of sp³-hybridized carbons (Fsp3) is 0. The summed E-state index contributed by atoms with van der Waals surface area (Å²) in [6, 6.07) is 3.18. The average Bonchev–Trinajstić information content (AvgIpc) is 1.82. The molecule has 1 aromatic rings. The van der Waals surface area contributed by atoms with Gasteiger partial charge in [0.25, 0.3) is 0 Å². The van der Waals surface area contributed by atoms with Crippen LogP contribution in [-0.2, 0) is 0 Å². The molecule has 0 saturated heterocycles. The van der Waals surface area contributed by atoms with E-state index in [0.717, 1.165) is 3.57 Å². The molecule has 0 saturated carbocycles. The lowest BCUT2D eigenvalue weighted by atomic mass is 10.3. The highest BCUT2D eigenvalue weighted by molar-refractivity contribution is 14.1. The fourth-order valence-electron chi connectivity index (χ4n) is 0.525. The van der Waals surface area contributed by atoms with Gasteiger partial charge in [0.1, 0.15) is 5.82 Å². The van der Waals surface area contributed by atoms with E-state index >= 15 is 0 Å². The number of benzene rings is 1. The van der Waals surface area contributed by atoms with E-state index in [4.69, 9.17) is 11.6 Å². The van der Waals surface area contributed by atoms with Crippen LogP contribution < -0.4 is 0 Å². The second-order valence-corrected chi connectivity index (χ2v) is 4.41. The van der Waals surface area contributed by atoms with Crippen molar-refractivity contribution in [2.24, 2.45) is 0 Å². The molecular weight excluding hydrogens is 380 g/mol. The quantitative estimate of drug-likeness (QED) is 0.365. The van der Waals surface area contributed by atoms with E-state index in [9.17, 15) is 4.39 Å². The maximum absolute atomic E-state index is 12.7. The molecule has 0 spiro atoms. The topological polar surface area (TPSA) is 0 Å². The van der Waals surface area contributed by atoms with Crippen molar-refractivity contribution in [3.05, 3.63) is 30.1 Å². The molecule has 54 valence electrons. The molecule has 4 heteroatoms.